The quantitative estimate of drug-likeness (QED) is 0.266. The molecule has 0 aliphatic carbocycles. The van der Waals surface area contributed by atoms with Gasteiger partial charge in [0.2, 0.25) is 5.78 Å². The fourth-order valence-corrected chi connectivity index (χ4v) is 4.42. The van der Waals surface area contributed by atoms with Crippen molar-refractivity contribution in [2.45, 2.75) is 13.3 Å². The number of thiophene rings is 1. The number of benzene rings is 3. The molecule has 6 heteroatoms. The van der Waals surface area contributed by atoms with Gasteiger partial charge in [-0.3, -0.25) is 4.79 Å². The van der Waals surface area contributed by atoms with E-state index in [-0.39, 0.29) is 11.5 Å². The molecule has 4 nitrogen and oxygen atoms in total. The predicted octanol–water partition coefficient (Wildman–Crippen LogP) is 5.92. The molecule has 0 amide bonds. The second-order valence-electron chi connectivity index (χ2n) is 7.13. The van der Waals surface area contributed by atoms with Crippen molar-refractivity contribution < 1.29 is 19.0 Å². The van der Waals surface area contributed by atoms with Crippen LogP contribution in [0, 0.1) is 5.82 Å². The molecule has 4 rings (SSSR count). The molecule has 0 bridgehead atoms. The van der Waals surface area contributed by atoms with Crippen molar-refractivity contribution in [2.75, 3.05) is 13.1 Å². The summed E-state index contributed by atoms with van der Waals surface area (Å²) in [7, 11) is 0. The smallest absolute Gasteiger partial charge is 0.206 e. The lowest BCUT2D eigenvalue weighted by Crippen LogP contribution is -2.15. The van der Waals surface area contributed by atoms with Crippen molar-refractivity contribution in [1.82, 2.24) is 5.32 Å². The van der Waals surface area contributed by atoms with Crippen LogP contribution in [0.25, 0.3) is 10.1 Å². The van der Waals surface area contributed by atoms with Crippen molar-refractivity contribution in [3.8, 4) is 17.2 Å². The summed E-state index contributed by atoms with van der Waals surface area (Å²) in [5, 5.41) is 13.9. The molecule has 0 fully saturated rings. The Hall–Kier alpha value is -3.22. The Balaban J connectivity index is 1.68. The van der Waals surface area contributed by atoms with Crippen molar-refractivity contribution in [1.29, 1.82) is 0 Å². The highest BCUT2D eigenvalue weighted by molar-refractivity contribution is 7.21. The molecular weight excluding hydrogens is 413 g/mol. The molecule has 2 N–H and O–H groups in total. The van der Waals surface area contributed by atoms with E-state index in [2.05, 4.69) is 12.2 Å². The van der Waals surface area contributed by atoms with E-state index in [4.69, 9.17) is 4.74 Å². The van der Waals surface area contributed by atoms with Gasteiger partial charge in [0.15, 0.2) is 5.75 Å². The number of carbonyl (C=O) groups is 1. The first-order valence-corrected chi connectivity index (χ1v) is 10.9. The fourth-order valence-electron chi connectivity index (χ4n) is 3.30. The van der Waals surface area contributed by atoms with E-state index >= 15 is 0 Å². The van der Waals surface area contributed by atoms with Gasteiger partial charge < -0.3 is 15.2 Å². The molecule has 0 aliphatic heterocycles. The van der Waals surface area contributed by atoms with Crippen molar-refractivity contribution in [2.24, 2.45) is 0 Å². The molecule has 0 spiro atoms. The number of phenolic OH excluding ortho intramolecular Hbond substituents is 1. The SMILES string of the molecule is CCNCCc1ccc(Oc2c(C(=O)c3ccc(F)cc3)sc3cc(O)ccc23)cc1. The van der Waals surface area contributed by atoms with Crippen LogP contribution in [0.3, 0.4) is 0 Å². The number of rotatable bonds is 8. The number of carbonyl (C=O) groups excluding carboxylic acids is 1. The zero-order valence-electron chi connectivity index (χ0n) is 17.0. The molecule has 0 radical (unpaired) electrons. The van der Waals surface area contributed by atoms with Gasteiger partial charge >= 0.3 is 0 Å². The number of ketones is 1. The zero-order valence-corrected chi connectivity index (χ0v) is 17.8. The number of likely N-dealkylation sites (N-methyl/N-ethyl adjacent to an activating group) is 1. The minimum Gasteiger partial charge on any atom is -0.508 e. The summed E-state index contributed by atoms with van der Waals surface area (Å²) in [4.78, 5) is 13.6. The van der Waals surface area contributed by atoms with Crippen LogP contribution in [0.5, 0.6) is 17.2 Å². The van der Waals surface area contributed by atoms with Gasteiger partial charge in [0.05, 0.1) is 0 Å². The number of hydrogen-bond donors (Lipinski definition) is 2. The highest BCUT2D eigenvalue weighted by atomic mass is 32.1. The van der Waals surface area contributed by atoms with Crippen LogP contribution in [-0.2, 0) is 6.42 Å². The normalized spacial score (nSPS) is 11.0. The molecule has 4 aromatic rings. The highest BCUT2D eigenvalue weighted by Crippen LogP contribution is 2.42. The van der Waals surface area contributed by atoms with E-state index in [1.165, 1.54) is 41.2 Å². The Morgan fingerprint density at radius 3 is 2.52 bits per heavy atom. The highest BCUT2D eigenvalue weighted by Gasteiger charge is 2.22. The lowest BCUT2D eigenvalue weighted by atomic mass is 10.1. The molecule has 0 atom stereocenters. The molecule has 0 saturated carbocycles. The molecular formula is C25H22FNO3S. The summed E-state index contributed by atoms with van der Waals surface area (Å²) in [6.45, 7) is 3.92. The topological polar surface area (TPSA) is 58.6 Å². The molecule has 158 valence electrons. The van der Waals surface area contributed by atoms with Crippen LogP contribution in [0.1, 0.15) is 27.7 Å². The Morgan fingerprint density at radius 2 is 1.81 bits per heavy atom. The maximum Gasteiger partial charge on any atom is 0.206 e. The summed E-state index contributed by atoms with van der Waals surface area (Å²) >= 11 is 1.24. The molecule has 0 unspecified atom stereocenters. The number of hydrogen-bond acceptors (Lipinski definition) is 5. The molecule has 31 heavy (non-hydrogen) atoms. The first-order valence-electron chi connectivity index (χ1n) is 10.1. The Labute approximate surface area is 183 Å². The number of halogens is 1. The van der Waals surface area contributed by atoms with Crippen molar-refractivity contribution in [3.05, 3.63) is 88.6 Å². The lowest BCUT2D eigenvalue weighted by Gasteiger charge is -2.09. The van der Waals surface area contributed by atoms with Gasteiger partial charge in [0.25, 0.3) is 0 Å². The average Bonchev–Trinajstić information content (AvgIpc) is 3.12. The number of fused-ring (bicyclic) bond motifs is 1. The first kappa shape index (κ1) is 21.0. The Morgan fingerprint density at radius 1 is 1.06 bits per heavy atom. The van der Waals surface area contributed by atoms with E-state index in [1.807, 2.05) is 24.3 Å². The van der Waals surface area contributed by atoms with Crippen molar-refractivity contribution in [3.63, 3.8) is 0 Å². The van der Waals surface area contributed by atoms with Gasteiger partial charge in [0, 0.05) is 15.6 Å². The van der Waals surface area contributed by atoms with Gasteiger partial charge in [-0.05, 0) is 79.7 Å². The third kappa shape index (κ3) is 4.76. The third-order valence-electron chi connectivity index (χ3n) is 4.92. The fraction of sp³-hybridized carbons (Fsp3) is 0.160. The first-order chi connectivity index (χ1) is 15.0. The number of ether oxygens (including phenoxy) is 1. The van der Waals surface area contributed by atoms with Crippen LogP contribution in [0.2, 0.25) is 0 Å². The van der Waals surface area contributed by atoms with E-state index < -0.39 is 5.82 Å². The second kappa shape index (κ2) is 9.29. The van der Waals surface area contributed by atoms with Crippen LogP contribution in [0.4, 0.5) is 4.39 Å². The third-order valence-corrected chi connectivity index (χ3v) is 6.06. The molecule has 0 saturated heterocycles. The van der Waals surface area contributed by atoms with E-state index in [9.17, 15) is 14.3 Å². The van der Waals surface area contributed by atoms with Crippen LogP contribution >= 0.6 is 11.3 Å². The summed E-state index contributed by atoms with van der Waals surface area (Å²) < 4.78 is 20.2. The summed E-state index contributed by atoms with van der Waals surface area (Å²) in [6, 6.07) is 18.2. The van der Waals surface area contributed by atoms with E-state index in [0.717, 1.165) is 29.6 Å². The van der Waals surface area contributed by atoms with Crippen molar-refractivity contribution >= 4 is 27.2 Å². The maximum absolute atomic E-state index is 13.3. The van der Waals surface area contributed by atoms with Crippen LogP contribution in [-0.4, -0.2) is 24.0 Å². The monoisotopic (exact) mass is 435 g/mol. The van der Waals surface area contributed by atoms with Gasteiger partial charge in [-0.2, -0.15) is 0 Å². The Bertz CT molecular complexity index is 1200. The number of nitrogens with one attached hydrogen (secondary N) is 1. The zero-order chi connectivity index (χ0) is 21.8. The predicted molar refractivity (Wildman–Crippen MR) is 122 cm³/mol. The average molecular weight is 436 g/mol. The van der Waals surface area contributed by atoms with Crippen LogP contribution < -0.4 is 10.1 Å². The molecule has 0 aliphatic rings. The lowest BCUT2D eigenvalue weighted by molar-refractivity contribution is 0.104. The maximum atomic E-state index is 13.3. The van der Waals surface area contributed by atoms with E-state index in [1.54, 1.807) is 18.2 Å². The molecule has 1 aromatic heterocycles. The van der Waals surface area contributed by atoms with E-state index in [0.29, 0.717) is 21.9 Å². The van der Waals surface area contributed by atoms with Gasteiger partial charge in [-0.15, -0.1) is 11.3 Å². The minimum atomic E-state index is -0.400. The van der Waals surface area contributed by atoms with Gasteiger partial charge in [-0.25, -0.2) is 4.39 Å². The Kier molecular flexibility index (Phi) is 6.30. The summed E-state index contributed by atoms with van der Waals surface area (Å²) in [5.74, 6) is 0.524. The second-order valence-corrected chi connectivity index (χ2v) is 8.18. The number of aromatic hydroxyl groups is 1. The molecule has 3 aromatic carbocycles. The summed E-state index contributed by atoms with van der Waals surface area (Å²) in [6.07, 6.45) is 0.920. The molecule has 1 heterocycles. The van der Waals surface area contributed by atoms with Gasteiger partial charge in [-0.1, -0.05) is 19.1 Å². The standard InChI is InChI=1S/C25H22FNO3S/c1-2-27-14-13-16-3-10-20(11-4-16)30-24-21-12-9-19(28)15-22(21)31-25(24)23(29)17-5-7-18(26)8-6-17/h3-12,15,27-28H,2,13-14H2,1H3. The number of phenols is 1. The summed E-state index contributed by atoms with van der Waals surface area (Å²) in [5.41, 5.74) is 1.57. The van der Waals surface area contributed by atoms with Gasteiger partial charge in [0.1, 0.15) is 22.2 Å². The minimum absolute atomic E-state index is 0.117. The largest absolute Gasteiger partial charge is 0.508 e. The van der Waals surface area contributed by atoms with Crippen LogP contribution in [0.15, 0.2) is 66.7 Å².